The van der Waals surface area contributed by atoms with E-state index in [1.54, 1.807) is 18.1 Å². The van der Waals surface area contributed by atoms with E-state index in [2.05, 4.69) is 126 Å². The van der Waals surface area contributed by atoms with Crippen molar-refractivity contribution in [3.8, 4) is 5.69 Å². The fourth-order valence-electron chi connectivity index (χ4n) is 6.14. The molecule has 1 saturated heterocycles. The first-order valence-electron chi connectivity index (χ1n) is 16.1. The van der Waals surface area contributed by atoms with Crippen molar-refractivity contribution in [1.82, 2.24) is 15.0 Å². The van der Waals surface area contributed by atoms with Crippen LogP contribution in [0.2, 0.25) is 0 Å². The van der Waals surface area contributed by atoms with Crippen molar-refractivity contribution < 1.29 is 9.13 Å². The van der Waals surface area contributed by atoms with Gasteiger partial charge in [0.15, 0.2) is 25.0 Å². The number of hydrogen-bond donors (Lipinski definition) is 1. The van der Waals surface area contributed by atoms with Gasteiger partial charge in [0.05, 0.1) is 6.54 Å². The molecule has 3 aromatic heterocycles. The second kappa shape index (κ2) is 14.1. The molecule has 0 saturated carbocycles. The maximum Gasteiger partial charge on any atom is 0.306 e. The molecule has 6 nitrogen and oxygen atoms in total. The lowest BCUT2D eigenvalue weighted by Gasteiger charge is -2.16. The fraction of sp³-hybridized carbons (Fsp3) is 0.263. The number of aryl methyl sites for hydroxylation is 2. The van der Waals surface area contributed by atoms with Crippen LogP contribution in [0.25, 0.3) is 16.9 Å². The minimum atomic E-state index is 0.775. The molecule has 4 heterocycles. The molecule has 7 rings (SSSR count). The summed E-state index contributed by atoms with van der Waals surface area (Å²) in [6, 6.07) is 33.1. The van der Waals surface area contributed by atoms with E-state index in [0.29, 0.717) is 0 Å². The molecule has 0 amide bonds. The lowest BCUT2D eigenvalue weighted by molar-refractivity contribution is -0.664. The normalized spacial score (nSPS) is 13.1. The van der Waals surface area contributed by atoms with Gasteiger partial charge < -0.3 is 4.90 Å². The SMILES string of the molecule is c1ccc(CSc2ncnc3c2[nH]c[n+]3Cc2ccc(CCCCc3ccc(-[n+]4ccc(N5CCCC5)cc4)cc3)cc2)cc1. The second-order valence-electron chi connectivity index (χ2n) is 11.9. The van der Waals surface area contributed by atoms with E-state index in [0.717, 1.165) is 41.3 Å². The Morgan fingerprint density at radius 2 is 1.38 bits per heavy atom. The number of benzene rings is 3. The lowest BCUT2D eigenvalue weighted by Crippen LogP contribution is -2.33. The van der Waals surface area contributed by atoms with E-state index < -0.39 is 0 Å². The maximum absolute atomic E-state index is 4.59. The van der Waals surface area contributed by atoms with Crippen LogP contribution in [0.5, 0.6) is 0 Å². The number of anilines is 1. The summed E-state index contributed by atoms with van der Waals surface area (Å²) in [4.78, 5) is 15.0. The number of rotatable bonds is 12. The number of unbranched alkanes of at least 4 members (excludes halogenated alkanes) is 1. The summed E-state index contributed by atoms with van der Waals surface area (Å²) in [5.74, 6) is 0.882. The summed E-state index contributed by atoms with van der Waals surface area (Å²) in [6.45, 7) is 3.14. The van der Waals surface area contributed by atoms with Crippen molar-refractivity contribution in [2.45, 2.75) is 55.8 Å². The Morgan fingerprint density at radius 3 is 2.09 bits per heavy atom. The van der Waals surface area contributed by atoms with Crippen LogP contribution in [-0.2, 0) is 25.1 Å². The van der Waals surface area contributed by atoms with Crippen molar-refractivity contribution in [3.05, 3.63) is 138 Å². The number of H-pyrrole nitrogens is 1. The van der Waals surface area contributed by atoms with Crippen molar-refractivity contribution in [3.63, 3.8) is 0 Å². The van der Waals surface area contributed by atoms with E-state index in [4.69, 9.17) is 0 Å². The first-order chi connectivity index (χ1) is 22.3. The van der Waals surface area contributed by atoms with Gasteiger partial charge in [-0.2, -0.15) is 4.57 Å². The molecule has 0 spiro atoms. The third-order valence-corrected chi connectivity index (χ3v) is 9.78. The number of nitrogens with one attached hydrogen (secondary N) is 1. The third-order valence-electron chi connectivity index (χ3n) is 8.72. The number of thioether (sulfide) groups is 1. The quantitative estimate of drug-likeness (QED) is 0.0698. The summed E-state index contributed by atoms with van der Waals surface area (Å²) in [5, 5.41) is 0.982. The minimum absolute atomic E-state index is 0.775. The van der Waals surface area contributed by atoms with Gasteiger partial charge in [-0.25, -0.2) is 9.55 Å². The van der Waals surface area contributed by atoms with Gasteiger partial charge in [-0.05, 0) is 60.8 Å². The van der Waals surface area contributed by atoms with E-state index >= 15 is 0 Å². The minimum Gasteiger partial charge on any atom is -0.371 e. The molecule has 3 aromatic carbocycles. The molecule has 45 heavy (non-hydrogen) atoms. The zero-order valence-electron chi connectivity index (χ0n) is 25.7. The topological polar surface area (TPSA) is 52.6 Å². The number of fused-ring (bicyclic) bond motifs is 1. The van der Waals surface area contributed by atoms with Gasteiger partial charge in [0.25, 0.3) is 0 Å². The average molecular weight is 613 g/mol. The molecule has 1 aliphatic rings. The Kier molecular flexibility index (Phi) is 9.15. The summed E-state index contributed by atoms with van der Waals surface area (Å²) < 4.78 is 4.38. The number of pyridine rings is 1. The molecule has 226 valence electrons. The zero-order chi connectivity index (χ0) is 30.3. The van der Waals surface area contributed by atoms with Crippen LogP contribution in [0.4, 0.5) is 5.69 Å². The zero-order valence-corrected chi connectivity index (χ0v) is 26.5. The Balaban J connectivity index is 0.879. The molecule has 1 fully saturated rings. The van der Waals surface area contributed by atoms with Crippen LogP contribution in [-0.4, -0.2) is 28.0 Å². The first kappa shape index (κ1) is 29.2. The highest BCUT2D eigenvalue weighted by Crippen LogP contribution is 2.25. The van der Waals surface area contributed by atoms with Crippen LogP contribution >= 0.6 is 11.8 Å². The molecule has 6 aromatic rings. The molecule has 0 atom stereocenters. The maximum atomic E-state index is 4.59. The number of imidazole rings is 1. The van der Waals surface area contributed by atoms with Crippen LogP contribution in [0.1, 0.15) is 47.9 Å². The van der Waals surface area contributed by atoms with Crippen LogP contribution in [0.3, 0.4) is 0 Å². The highest BCUT2D eigenvalue weighted by molar-refractivity contribution is 7.98. The van der Waals surface area contributed by atoms with Crippen molar-refractivity contribution in [1.29, 1.82) is 0 Å². The second-order valence-corrected chi connectivity index (χ2v) is 12.9. The summed E-state index contributed by atoms with van der Waals surface area (Å²) in [6.07, 6.45) is 15.3. The predicted octanol–water partition coefficient (Wildman–Crippen LogP) is 7.03. The molecule has 7 heteroatoms. The Bertz CT molecular complexity index is 1810. The molecular weight excluding hydrogens is 573 g/mol. The van der Waals surface area contributed by atoms with Crippen molar-refractivity contribution in [2.75, 3.05) is 18.0 Å². The van der Waals surface area contributed by atoms with Gasteiger partial charge in [0.2, 0.25) is 11.2 Å². The highest BCUT2D eigenvalue weighted by atomic mass is 32.2. The standard InChI is InChI=1S/C38H39N6S/c1-2-10-33(11-3-1)27-45-38-36-37(39-28-40-38)44(29-41-36)26-32-14-12-30(13-15-32)8-4-5-9-31-16-18-34(19-17-31)43-24-20-35(21-25-43)42-22-6-7-23-42/h1-3,10-21,24-25,28-29H,4-9,22-23,26-27H2/q+1/p+1. The van der Waals surface area contributed by atoms with Gasteiger partial charge in [-0.15, -0.1) is 0 Å². The molecule has 1 aliphatic heterocycles. The highest BCUT2D eigenvalue weighted by Gasteiger charge is 2.17. The van der Waals surface area contributed by atoms with Gasteiger partial charge in [-0.3, -0.25) is 4.98 Å². The Labute approximate surface area is 269 Å². The largest absolute Gasteiger partial charge is 0.371 e. The summed E-state index contributed by atoms with van der Waals surface area (Å²) in [5.41, 5.74) is 9.84. The monoisotopic (exact) mass is 612 g/mol. The lowest BCUT2D eigenvalue weighted by atomic mass is 10.0. The molecule has 1 N–H and O–H groups in total. The summed E-state index contributed by atoms with van der Waals surface area (Å²) in [7, 11) is 0. The van der Waals surface area contributed by atoms with Gasteiger partial charge in [0, 0.05) is 48.8 Å². The first-order valence-corrected chi connectivity index (χ1v) is 17.1. The number of nitrogens with zero attached hydrogens (tertiary/aromatic N) is 5. The average Bonchev–Trinajstić information content (AvgIpc) is 3.79. The van der Waals surface area contributed by atoms with E-state index in [1.165, 1.54) is 72.4 Å². The Hall–Kier alpha value is -4.49. The van der Waals surface area contributed by atoms with E-state index in [9.17, 15) is 0 Å². The fourth-order valence-corrected chi connectivity index (χ4v) is 7.05. The van der Waals surface area contributed by atoms with Crippen LogP contribution < -0.4 is 14.0 Å². The molecule has 0 unspecified atom stereocenters. The summed E-state index contributed by atoms with van der Waals surface area (Å²) >= 11 is 1.74. The van der Waals surface area contributed by atoms with Crippen LogP contribution in [0.15, 0.2) is 121 Å². The molecule has 0 bridgehead atoms. The molecule has 0 radical (unpaired) electrons. The van der Waals surface area contributed by atoms with Gasteiger partial charge in [0.1, 0.15) is 5.03 Å². The van der Waals surface area contributed by atoms with Gasteiger partial charge >= 0.3 is 5.65 Å². The predicted molar refractivity (Wildman–Crippen MR) is 182 cm³/mol. The number of aromatic amines is 1. The Morgan fingerprint density at radius 1 is 0.711 bits per heavy atom. The smallest absolute Gasteiger partial charge is 0.306 e. The van der Waals surface area contributed by atoms with Crippen molar-refractivity contribution in [2.24, 2.45) is 0 Å². The number of aromatic nitrogens is 5. The third kappa shape index (κ3) is 7.26. The molecular formula is C38H40N6S+2. The van der Waals surface area contributed by atoms with E-state index in [-0.39, 0.29) is 0 Å². The molecule has 0 aliphatic carbocycles. The van der Waals surface area contributed by atoms with E-state index in [1.807, 2.05) is 12.4 Å². The van der Waals surface area contributed by atoms with Crippen LogP contribution in [0, 0.1) is 0 Å². The number of hydrogen-bond acceptors (Lipinski definition) is 4. The van der Waals surface area contributed by atoms with Gasteiger partial charge in [-0.1, -0.05) is 83.5 Å². The van der Waals surface area contributed by atoms with Crippen molar-refractivity contribution >= 4 is 28.6 Å².